The van der Waals surface area contributed by atoms with Crippen molar-refractivity contribution >= 4 is 15.9 Å². The molecule has 2 aliphatic rings. The molecule has 0 radical (unpaired) electrons. The smallest absolute Gasteiger partial charge is 0.315 e. The number of carbonyl (C=O) groups is 1. The Bertz CT molecular complexity index is 648. The number of likely N-dealkylation sites (tertiary alicyclic amines) is 1. The molecule has 1 aromatic rings. The average Bonchev–Trinajstić information content (AvgIpc) is 3.06. The van der Waals surface area contributed by atoms with Crippen LogP contribution in [0.15, 0.2) is 30.3 Å². The van der Waals surface area contributed by atoms with Crippen LogP contribution < -0.4 is 10.6 Å². The monoisotopic (exact) mass is 337 g/mol. The first kappa shape index (κ1) is 16.3. The molecule has 2 saturated heterocycles. The van der Waals surface area contributed by atoms with Crippen molar-refractivity contribution < 1.29 is 13.2 Å². The fourth-order valence-corrected chi connectivity index (χ4v) is 4.93. The Balaban J connectivity index is 1.42. The Morgan fingerprint density at radius 2 is 1.87 bits per heavy atom. The van der Waals surface area contributed by atoms with Crippen LogP contribution in [-0.2, 0) is 16.4 Å². The molecule has 2 fully saturated rings. The van der Waals surface area contributed by atoms with Crippen molar-refractivity contribution in [1.82, 2.24) is 15.5 Å². The Hall–Kier alpha value is -1.60. The third-order valence-corrected chi connectivity index (χ3v) is 6.19. The van der Waals surface area contributed by atoms with Crippen LogP contribution in [0.5, 0.6) is 0 Å². The predicted octanol–water partition coefficient (Wildman–Crippen LogP) is 0.747. The number of rotatable bonds is 4. The van der Waals surface area contributed by atoms with Gasteiger partial charge < -0.3 is 10.6 Å². The van der Waals surface area contributed by atoms with Gasteiger partial charge >= 0.3 is 6.03 Å². The summed E-state index contributed by atoms with van der Waals surface area (Å²) in [5, 5.41) is 5.74. The van der Waals surface area contributed by atoms with Crippen LogP contribution in [0.3, 0.4) is 0 Å². The number of urea groups is 1. The van der Waals surface area contributed by atoms with Gasteiger partial charge in [0.05, 0.1) is 11.5 Å². The molecule has 2 heterocycles. The molecule has 2 atom stereocenters. The number of nitrogens with zero attached hydrogens (tertiary/aromatic N) is 1. The quantitative estimate of drug-likeness (QED) is 0.850. The molecule has 7 heteroatoms. The highest BCUT2D eigenvalue weighted by Gasteiger charge is 2.30. The average molecular weight is 337 g/mol. The van der Waals surface area contributed by atoms with Gasteiger partial charge in [-0.05, 0) is 18.4 Å². The largest absolute Gasteiger partial charge is 0.334 e. The van der Waals surface area contributed by atoms with E-state index in [0.717, 1.165) is 26.1 Å². The van der Waals surface area contributed by atoms with Gasteiger partial charge in [-0.3, -0.25) is 4.90 Å². The molecule has 2 aliphatic heterocycles. The maximum atomic E-state index is 12.0. The molecule has 126 valence electrons. The van der Waals surface area contributed by atoms with E-state index in [4.69, 9.17) is 0 Å². The summed E-state index contributed by atoms with van der Waals surface area (Å²) in [4.78, 5) is 14.3. The molecule has 2 amide bonds. The highest BCUT2D eigenvalue weighted by molar-refractivity contribution is 7.91. The third kappa shape index (κ3) is 4.68. The molecule has 0 spiro atoms. The first-order valence-corrected chi connectivity index (χ1v) is 9.86. The van der Waals surface area contributed by atoms with Crippen molar-refractivity contribution in [2.24, 2.45) is 0 Å². The number of carbonyl (C=O) groups excluding carboxylic acids is 1. The fraction of sp³-hybridized carbons (Fsp3) is 0.562. The maximum Gasteiger partial charge on any atom is 0.315 e. The SMILES string of the molecule is O=C(N[C@@H]1CCS(=O)(=O)C1)N[C@H]1CCN(Cc2ccccc2)C1. The van der Waals surface area contributed by atoms with Crippen molar-refractivity contribution in [3.8, 4) is 0 Å². The van der Waals surface area contributed by atoms with E-state index in [0.29, 0.717) is 6.42 Å². The number of hydrogen-bond acceptors (Lipinski definition) is 4. The van der Waals surface area contributed by atoms with Gasteiger partial charge in [0, 0.05) is 31.7 Å². The molecular weight excluding hydrogens is 314 g/mol. The number of nitrogens with one attached hydrogen (secondary N) is 2. The van der Waals surface area contributed by atoms with Gasteiger partial charge in [-0.1, -0.05) is 30.3 Å². The molecule has 2 N–H and O–H groups in total. The van der Waals surface area contributed by atoms with Crippen molar-refractivity contribution in [3.63, 3.8) is 0 Å². The summed E-state index contributed by atoms with van der Waals surface area (Å²) in [5.74, 6) is 0.234. The van der Waals surface area contributed by atoms with E-state index < -0.39 is 9.84 Å². The van der Waals surface area contributed by atoms with Gasteiger partial charge in [-0.15, -0.1) is 0 Å². The van der Waals surface area contributed by atoms with Crippen LogP contribution in [0.1, 0.15) is 18.4 Å². The summed E-state index contributed by atoms with van der Waals surface area (Å²) in [6.45, 7) is 2.67. The highest BCUT2D eigenvalue weighted by atomic mass is 32.2. The second-order valence-electron chi connectivity index (χ2n) is 6.42. The van der Waals surface area contributed by atoms with Crippen LogP contribution in [0, 0.1) is 0 Å². The van der Waals surface area contributed by atoms with Crippen molar-refractivity contribution in [1.29, 1.82) is 0 Å². The van der Waals surface area contributed by atoms with Crippen molar-refractivity contribution in [2.45, 2.75) is 31.5 Å². The summed E-state index contributed by atoms with van der Waals surface area (Å²) in [6.07, 6.45) is 1.43. The molecular formula is C16H23N3O3S. The Kier molecular flexibility index (Phi) is 4.87. The molecule has 0 aromatic heterocycles. The van der Waals surface area contributed by atoms with Gasteiger partial charge in [-0.2, -0.15) is 0 Å². The lowest BCUT2D eigenvalue weighted by atomic mass is 10.2. The highest BCUT2D eigenvalue weighted by Crippen LogP contribution is 2.14. The first-order chi connectivity index (χ1) is 11.0. The minimum atomic E-state index is -2.96. The van der Waals surface area contributed by atoms with Crippen LogP contribution in [-0.4, -0.2) is 56.0 Å². The first-order valence-electron chi connectivity index (χ1n) is 8.04. The normalized spacial score (nSPS) is 27.0. The maximum absolute atomic E-state index is 12.0. The lowest BCUT2D eigenvalue weighted by Gasteiger charge is -2.18. The number of benzene rings is 1. The minimum Gasteiger partial charge on any atom is -0.334 e. The van der Waals surface area contributed by atoms with E-state index in [2.05, 4.69) is 27.7 Å². The number of sulfone groups is 1. The second-order valence-corrected chi connectivity index (χ2v) is 8.65. The Labute approximate surface area is 137 Å². The molecule has 0 aliphatic carbocycles. The van der Waals surface area contributed by atoms with E-state index in [1.54, 1.807) is 0 Å². The van der Waals surface area contributed by atoms with Gasteiger partial charge in [0.1, 0.15) is 0 Å². The zero-order valence-corrected chi connectivity index (χ0v) is 13.9. The second kappa shape index (κ2) is 6.88. The lowest BCUT2D eigenvalue weighted by molar-refractivity contribution is 0.233. The van der Waals surface area contributed by atoms with E-state index >= 15 is 0 Å². The van der Waals surface area contributed by atoms with Crippen LogP contribution in [0.4, 0.5) is 4.79 Å². The summed E-state index contributed by atoms with van der Waals surface area (Å²) < 4.78 is 22.8. The minimum absolute atomic E-state index is 0.0607. The van der Waals surface area contributed by atoms with Gasteiger partial charge in [-0.25, -0.2) is 13.2 Å². The van der Waals surface area contributed by atoms with E-state index in [9.17, 15) is 13.2 Å². The number of amides is 2. The molecule has 1 aromatic carbocycles. The van der Waals surface area contributed by atoms with Crippen LogP contribution in [0.25, 0.3) is 0 Å². The van der Waals surface area contributed by atoms with E-state index in [-0.39, 0.29) is 29.6 Å². The van der Waals surface area contributed by atoms with Crippen molar-refractivity contribution in [3.05, 3.63) is 35.9 Å². The molecule has 3 rings (SSSR count). The molecule has 0 unspecified atom stereocenters. The zero-order valence-electron chi connectivity index (χ0n) is 13.1. The van der Waals surface area contributed by atoms with E-state index in [1.807, 2.05) is 18.2 Å². The van der Waals surface area contributed by atoms with Gasteiger partial charge in [0.25, 0.3) is 0 Å². The Morgan fingerprint density at radius 1 is 1.13 bits per heavy atom. The summed E-state index contributed by atoms with van der Waals surface area (Å²) in [6, 6.07) is 9.90. The van der Waals surface area contributed by atoms with Crippen molar-refractivity contribution in [2.75, 3.05) is 24.6 Å². The van der Waals surface area contributed by atoms with Crippen LogP contribution >= 0.6 is 0 Å². The molecule has 0 saturated carbocycles. The topological polar surface area (TPSA) is 78.5 Å². The van der Waals surface area contributed by atoms with Gasteiger partial charge in [0.2, 0.25) is 0 Å². The number of hydrogen-bond donors (Lipinski definition) is 2. The molecule has 23 heavy (non-hydrogen) atoms. The predicted molar refractivity (Wildman–Crippen MR) is 88.9 cm³/mol. The summed E-state index contributed by atoms with van der Waals surface area (Å²) in [7, 11) is -2.96. The van der Waals surface area contributed by atoms with Gasteiger partial charge in [0.15, 0.2) is 9.84 Å². The fourth-order valence-electron chi connectivity index (χ4n) is 3.26. The zero-order chi connectivity index (χ0) is 16.3. The summed E-state index contributed by atoms with van der Waals surface area (Å²) >= 11 is 0. The lowest BCUT2D eigenvalue weighted by Crippen LogP contribution is -2.47. The third-order valence-electron chi connectivity index (χ3n) is 4.42. The summed E-state index contributed by atoms with van der Waals surface area (Å²) in [5.41, 5.74) is 1.27. The standard InChI is InChI=1S/C16H23N3O3S/c20-16(18-15-7-9-23(21,22)12-15)17-14-6-8-19(11-14)10-13-4-2-1-3-5-13/h1-5,14-15H,6-12H2,(H2,17,18,20)/t14-,15+/m0/s1. The molecule has 0 bridgehead atoms. The van der Waals surface area contributed by atoms with Crippen LogP contribution in [0.2, 0.25) is 0 Å². The Morgan fingerprint density at radius 3 is 2.57 bits per heavy atom. The molecule has 6 nitrogen and oxygen atoms in total. The van der Waals surface area contributed by atoms with E-state index in [1.165, 1.54) is 5.56 Å².